The first kappa shape index (κ1) is 10.9. The van der Waals surface area contributed by atoms with Crippen LogP contribution in [0.3, 0.4) is 0 Å². The molecule has 0 spiro atoms. The average Bonchev–Trinajstić information content (AvgIpc) is 1.61. The molecule has 2 nitrogen and oxygen atoms in total. The van der Waals surface area contributed by atoms with Crippen LogP contribution in [-0.4, -0.2) is 25.4 Å². The van der Waals surface area contributed by atoms with Crippen LogP contribution in [0, 0.1) is 6.42 Å². The minimum Gasteiger partial charge on any atom is -0.428 e. The van der Waals surface area contributed by atoms with E-state index >= 15 is 0 Å². The van der Waals surface area contributed by atoms with Crippen molar-refractivity contribution in [3.05, 3.63) is 6.42 Å². The molecule has 0 rings (SSSR count). The molecule has 0 aliphatic carbocycles. The van der Waals surface area contributed by atoms with Gasteiger partial charge in [0.1, 0.15) is 0 Å². The summed E-state index contributed by atoms with van der Waals surface area (Å²) in [6.07, 6.45) is 1.64. The number of hydrogen-bond acceptors (Lipinski definition) is 2. The molecule has 3 heteroatoms. The predicted molar refractivity (Wildman–Crippen MR) is 23.3 cm³/mol. The molecule has 0 unspecified atom stereocenters. The fourth-order valence-electron chi connectivity index (χ4n) is 0.171. The number of rotatable bonds is 3. The van der Waals surface area contributed by atoms with Crippen LogP contribution in [0.2, 0.25) is 0 Å². The Morgan fingerprint density at radius 1 is 1.71 bits per heavy atom. The second-order valence-corrected chi connectivity index (χ2v) is 0.927. The van der Waals surface area contributed by atoms with Gasteiger partial charge in [-0.15, -0.1) is 0 Å². The van der Waals surface area contributed by atoms with E-state index in [-0.39, 0.29) is 39.3 Å². The Bertz CT molecular complexity index is 21.7. The fourth-order valence-corrected chi connectivity index (χ4v) is 0.171. The van der Waals surface area contributed by atoms with Gasteiger partial charge in [0.15, 0.2) is 0 Å². The number of hydrogen-bond donors (Lipinski definition) is 1. The Labute approximate surface area is 69.1 Å². The smallest absolute Gasteiger partial charge is 0.0319 e. The molecule has 0 aliphatic rings. The largest absolute Gasteiger partial charge is 0.428 e. The van der Waals surface area contributed by atoms with Crippen LogP contribution < -0.4 is 0 Å². The van der Waals surface area contributed by atoms with Crippen LogP contribution in [0.5, 0.6) is 0 Å². The Morgan fingerprint density at radius 2 is 2.29 bits per heavy atom. The molecule has 7 heavy (non-hydrogen) atoms. The Hall–Kier alpha value is 1.02. The molecule has 0 aromatic rings. The van der Waals surface area contributed by atoms with Crippen LogP contribution in [0.25, 0.3) is 0 Å². The Morgan fingerprint density at radius 3 is 2.43 bits per heavy atom. The van der Waals surface area contributed by atoms with Gasteiger partial charge >= 0.3 is 0 Å². The van der Waals surface area contributed by atoms with Gasteiger partial charge in [-0.2, -0.15) is 0 Å². The maximum Gasteiger partial charge on any atom is 0.0319 e. The van der Waals surface area contributed by atoms with Crippen molar-refractivity contribution in [2.75, 3.05) is 20.3 Å². The predicted octanol–water partition coefficient (Wildman–Crippen LogP) is -0.173. The van der Waals surface area contributed by atoms with Crippen molar-refractivity contribution < 1.29 is 42.6 Å². The third-order valence-corrected chi connectivity index (χ3v) is 0.414. The molecule has 0 saturated carbocycles. The van der Waals surface area contributed by atoms with Crippen molar-refractivity contribution in [2.24, 2.45) is 0 Å². The van der Waals surface area contributed by atoms with Gasteiger partial charge < -0.3 is 9.84 Å². The molecule has 0 fully saturated rings. The zero-order valence-electron chi connectivity index (χ0n) is 4.42. The van der Waals surface area contributed by atoms with Crippen LogP contribution >= 0.6 is 0 Å². The minimum atomic E-state index is 0. The summed E-state index contributed by atoms with van der Waals surface area (Å²) in [6, 6.07) is 0. The van der Waals surface area contributed by atoms with Gasteiger partial charge in [0.25, 0.3) is 0 Å². The second-order valence-electron chi connectivity index (χ2n) is 0.927. The summed E-state index contributed by atoms with van der Waals surface area (Å²) in [4.78, 5) is 0. The summed E-state index contributed by atoms with van der Waals surface area (Å²) < 4.78 is 4.57. The normalized spacial score (nSPS) is 7.71. The van der Waals surface area contributed by atoms with Crippen LogP contribution in [0.4, 0.5) is 0 Å². The van der Waals surface area contributed by atoms with Gasteiger partial charge in [0.05, 0.1) is 0 Å². The van der Waals surface area contributed by atoms with E-state index in [9.17, 15) is 0 Å². The average molecular weight is 178 g/mol. The monoisotopic (exact) mass is 178 g/mol. The van der Waals surface area contributed by atoms with Crippen LogP contribution in [0.1, 0.15) is 0 Å². The van der Waals surface area contributed by atoms with E-state index in [1.807, 2.05) is 0 Å². The van der Waals surface area contributed by atoms with E-state index in [4.69, 9.17) is 5.11 Å². The van der Waals surface area contributed by atoms with Gasteiger partial charge in [-0.3, -0.25) is 6.42 Å². The summed E-state index contributed by atoms with van der Waals surface area (Å²) >= 11 is 0. The number of ether oxygens (including phenoxy) is 1. The Kier molecular flexibility index (Phi) is 15.7. The minimum absolute atomic E-state index is 0. The van der Waals surface area contributed by atoms with Crippen LogP contribution in [0.15, 0.2) is 0 Å². The Balaban J connectivity index is 0. The molecular formula is C4H9O2Y-. The van der Waals surface area contributed by atoms with E-state index in [1.165, 1.54) is 0 Å². The molecule has 0 heterocycles. The third kappa shape index (κ3) is 10.9. The maximum absolute atomic E-state index is 8.06. The number of methoxy groups -OCH3 is 1. The molecule has 1 N–H and O–H groups in total. The summed E-state index contributed by atoms with van der Waals surface area (Å²) in [5.74, 6) is 0. The van der Waals surface area contributed by atoms with E-state index in [0.29, 0.717) is 6.61 Å². The quantitative estimate of drug-likeness (QED) is 0.480. The van der Waals surface area contributed by atoms with Gasteiger partial charge in [-0.25, -0.2) is 0 Å². The van der Waals surface area contributed by atoms with Gasteiger partial charge in [-0.1, -0.05) is 13.2 Å². The van der Waals surface area contributed by atoms with Crippen molar-refractivity contribution in [3.63, 3.8) is 0 Å². The molecule has 0 amide bonds. The first-order valence-corrected chi connectivity index (χ1v) is 1.83. The topological polar surface area (TPSA) is 29.5 Å². The molecule has 0 aromatic carbocycles. The van der Waals surface area contributed by atoms with E-state index in [1.54, 1.807) is 13.5 Å². The molecule has 41 valence electrons. The summed E-state index contributed by atoms with van der Waals surface area (Å²) in [6.45, 7) is 0.643. The van der Waals surface area contributed by atoms with Crippen molar-refractivity contribution in [1.82, 2.24) is 0 Å². The van der Waals surface area contributed by atoms with E-state index < -0.39 is 0 Å². The van der Waals surface area contributed by atoms with Gasteiger partial charge in [0, 0.05) is 39.8 Å². The van der Waals surface area contributed by atoms with E-state index in [2.05, 4.69) is 4.74 Å². The second kappa shape index (κ2) is 10.1. The first-order chi connectivity index (χ1) is 2.91. The van der Waals surface area contributed by atoms with Crippen molar-refractivity contribution in [3.8, 4) is 0 Å². The van der Waals surface area contributed by atoms with Gasteiger partial charge in [-0.05, 0) is 0 Å². The molecule has 0 saturated heterocycles. The summed E-state index contributed by atoms with van der Waals surface area (Å²) in [7, 11) is 1.59. The standard InChI is InChI=1S/C4H9O2.Y/c1-6-4-2-3-5;/h2,5H,3-4H2,1H3;/q-1;. The zero-order valence-corrected chi connectivity index (χ0v) is 7.26. The SMILES string of the molecule is COC[CH-]CO.[Y]. The van der Waals surface area contributed by atoms with Crippen LogP contribution in [-0.2, 0) is 37.4 Å². The summed E-state index contributed by atoms with van der Waals surface area (Å²) in [5.41, 5.74) is 0. The zero-order chi connectivity index (χ0) is 4.83. The van der Waals surface area contributed by atoms with Crippen molar-refractivity contribution in [2.45, 2.75) is 0 Å². The van der Waals surface area contributed by atoms with E-state index in [0.717, 1.165) is 0 Å². The first-order valence-electron chi connectivity index (χ1n) is 1.83. The number of aliphatic hydroxyl groups excluding tert-OH is 1. The fraction of sp³-hybridized carbons (Fsp3) is 0.750. The van der Waals surface area contributed by atoms with Gasteiger partial charge in [0.2, 0.25) is 0 Å². The molecular weight excluding hydrogens is 169 g/mol. The molecule has 0 aliphatic heterocycles. The third-order valence-electron chi connectivity index (χ3n) is 0.414. The maximum atomic E-state index is 8.06. The van der Waals surface area contributed by atoms with Crippen molar-refractivity contribution in [1.29, 1.82) is 0 Å². The van der Waals surface area contributed by atoms with Crippen molar-refractivity contribution >= 4 is 0 Å². The summed E-state index contributed by atoms with van der Waals surface area (Å²) in [5, 5.41) is 8.06. The molecule has 0 atom stereocenters. The molecule has 0 aromatic heterocycles. The molecule has 1 radical (unpaired) electrons. The number of aliphatic hydroxyl groups is 1. The molecule has 0 bridgehead atoms.